The first-order valence-corrected chi connectivity index (χ1v) is 8.04. The monoisotopic (exact) mass is 332 g/mol. The molecule has 1 aliphatic rings. The number of carbonyl (C=O) groups excluding carboxylic acids is 2. The van der Waals surface area contributed by atoms with E-state index in [0.717, 1.165) is 5.56 Å². The Morgan fingerprint density at radius 2 is 1.79 bits per heavy atom. The third-order valence-corrected chi connectivity index (χ3v) is 3.42. The highest BCUT2D eigenvalue weighted by Gasteiger charge is 2.34. The second kappa shape index (κ2) is 7.38. The van der Waals surface area contributed by atoms with Crippen molar-refractivity contribution in [1.29, 1.82) is 0 Å². The number of ether oxygens (including phenoxy) is 2. The number of allylic oxidation sites excluding steroid dienone is 1. The summed E-state index contributed by atoms with van der Waals surface area (Å²) < 4.78 is 11.2. The predicted molar refractivity (Wildman–Crippen MR) is 90.5 cm³/mol. The summed E-state index contributed by atoms with van der Waals surface area (Å²) in [6.45, 7) is 9.11. The van der Waals surface area contributed by atoms with E-state index >= 15 is 0 Å². The molecule has 0 radical (unpaired) electrons. The minimum atomic E-state index is -0.625. The zero-order chi connectivity index (χ0) is 17.9. The summed E-state index contributed by atoms with van der Waals surface area (Å²) in [6.07, 6.45) is -0.280. The Labute approximate surface area is 142 Å². The van der Waals surface area contributed by atoms with Gasteiger partial charge in [0.25, 0.3) is 0 Å². The maximum absolute atomic E-state index is 12.5. The molecule has 0 aliphatic carbocycles. The van der Waals surface area contributed by atoms with Gasteiger partial charge in [0.05, 0.1) is 23.8 Å². The standard InChI is InChI=1S/C18H24N2O4/c1-10(2)23-14-9-7-6-8-13(14)16-15(17(21)24-11(3)4)12(5)19-18(22)20-16/h6-11,16H,1-5H3,(H2,19,20,22)/t16-/m1/s1. The lowest BCUT2D eigenvalue weighted by atomic mass is 9.94. The van der Waals surface area contributed by atoms with Crippen molar-refractivity contribution >= 4 is 12.0 Å². The number of rotatable bonds is 5. The SMILES string of the molecule is CC1=C(C(=O)OC(C)C)[C@@H](c2ccccc2OC(C)C)NC(=O)N1. The van der Waals surface area contributed by atoms with Gasteiger partial charge in [0.2, 0.25) is 0 Å². The Morgan fingerprint density at radius 3 is 2.42 bits per heavy atom. The number of benzene rings is 1. The molecule has 1 atom stereocenters. The molecular formula is C18H24N2O4. The molecular weight excluding hydrogens is 308 g/mol. The van der Waals surface area contributed by atoms with Gasteiger partial charge in [0.1, 0.15) is 5.75 Å². The van der Waals surface area contributed by atoms with Crippen molar-refractivity contribution in [3.63, 3.8) is 0 Å². The van der Waals surface area contributed by atoms with Gasteiger partial charge in [-0.15, -0.1) is 0 Å². The Morgan fingerprint density at radius 1 is 1.12 bits per heavy atom. The van der Waals surface area contributed by atoms with Crippen LogP contribution in [0.3, 0.4) is 0 Å². The lowest BCUT2D eigenvalue weighted by molar-refractivity contribution is -0.143. The van der Waals surface area contributed by atoms with E-state index in [2.05, 4.69) is 10.6 Å². The van der Waals surface area contributed by atoms with Crippen LogP contribution < -0.4 is 15.4 Å². The fraction of sp³-hybridized carbons (Fsp3) is 0.444. The molecule has 1 aromatic carbocycles. The minimum absolute atomic E-state index is 0.0280. The van der Waals surface area contributed by atoms with Gasteiger partial charge in [-0.3, -0.25) is 0 Å². The molecule has 0 bridgehead atoms. The number of hydrogen-bond donors (Lipinski definition) is 2. The third kappa shape index (κ3) is 4.07. The van der Waals surface area contributed by atoms with Crippen molar-refractivity contribution in [2.45, 2.75) is 52.9 Å². The Bertz CT molecular complexity index is 665. The fourth-order valence-electron chi connectivity index (χ4n) is 2.56. The maximum Gasteiger partial charge on any atom is 0.338 e. The van der Waals surface area contributed by atoms with Gasteiger partial charge >= 0.3 is 12.0 Å². The second-order valence-corrected chi connectivity index (χ2v) is 6.23. The maximum atomic E-state index is 12.5. The normalized spacial score (nSPS) is 17.6. The van der Waals surface area contributed by atoms with Crippen LogP contribution in [0.15, 0.2) is 35.5 Å². The van der Waals surface area contributed by atoms with Crippen LogP contribution in [0, 0.1) is 0 Å². The first kappa shape index (κ1) is 17.8. The molecule has 2 N–H and O–H groups in total. The van der Waals surface area contributed by atoms with Gasteiger partial charge in [0, 0.05) is 11.3 Å². The number of esters is 1. The van der Waals surface area contributed by atoms with E-state index in [1.807, 2.05) is 38.1 Å². The van der Waals surface area contributed by atoms with E-state index in [4.69, 9.17) is 9.47 Å². The molecule has 2 rings (SSSR count). The summed E-state index contributed by atoms with van der Waals surface area (Å²) in [5.74, 6) is 0.168. The van der Waals surface area contributed by atoms with E-state index in [0.29, 0.717) is 17.0 Å². The molecule has 0 fully saturated rings. The van der Waals surface area contributed by atoms with Gasteiger partial charge in [0.15, 0.2) is 0 Å². The summed E-state index contributed by atoms with van der Waals surface area (Å²) in [5.41, 5.74) is 1.58. The summed E-state index contributed by atoms with van der Waals surface area (Å²) in [7, 11) is 0. The number of urea groups is 1. The quantitative estimate of drug-likeness (QED) is 0.813. The largest absolute Gasteiger partial charge is 0.491 e. The topological polar surface area (TPSA) is 76.7 Å². The number of nitrogens with one attached hydrogen (secondary N) is 2. The number of hydrogen-bond acceptors (Lipinski definition) is 4. The Hall–Kier alpha value is -2.50. The lowest BCUT2D eigenvalue weighted by Crippen LogP contribution is -2.45. The average molecular weight is 332 g/mol. The van der Waals surface area contributed by atoms with E-state index in [1.165, 1.54) is 0 Å². The molecule has 1 aromatic rings. The lowest BCUT2D eigenvalue weighted by Gasteiger charge is -2.30. The van der Waals surface area contributed by atoms with Gasteiger partial charge in [-0.25, -0.2) is 9.59 Å². The van der Waals surface area contributed by atoms with Gasteiger partial charge in [-0.2, -0.15) is 0 Å². The first-order chi connectivity index (χ1) is 11.3. The molecule has 2 amide bonds. The fourth-order valence-corrected chi connectivity index (χ4v) is 2.56. The highest BCUT2D eigenvalue weighted by atomic mass is 16.5. The van der Waals surface area contributed by atoms with Crippen molar-refractivity contribution in [2.75, 3.05) is 0 Å². The number of amides is 2. The summed E-state index contributed by atoms with van der Waals surface area (Å²) >= 11 is 0. The van der Waals surface area contributed by atoms with E-state index in [-0.39, 0.29) is 18.2 Å². The molecule has 0 unspecified atom stereocenters. The van der Waals surface area contributed by atoms with Crippen LogP contribution in [0.2, 0.25) is 0 Å². The van der Waals surface area contributed by atoms with Crippen molar-refractivity contribution in [2.24, 2.45) is 0 Å². The van der Waals surface area contributed by atoms with Crippen LogP contribution in [0.1, 0.15) is 46.2 Å². The van der Waals surface area contributed by atoms with Crippen molar-refractivity contribution in [3.05, 3.63) is 41.1 Å². The molecule has 1 aliphatic heterocycles. The minimum Gasteiger partial charge on any atom is -0.491 e. The predicted octanol–water partition coefficient (Wildman–Crippen LogP) is 3.05. The van der Waals surface area contributed by atoms with Crippen molar-refractivity contribution in [3.8, 4) is 5.75 Å². The van der Waals surface area contributed by atoms with Gasteiger partial charge in [-0.1, -0.05) is 18.2 Å². The van der Waals surface area contributed by atoms with E-state index in [1.54, 1.807) is 20.8 Å². The van der Waals surface area contributed by atoms with Crippen LogP contribution in [0.4, 0.5) is 4.79 Å². The zero-order valence-corrected chi connectivity index (χ0v) is 14.7. The molecule has 0 saturated heterocycles. The highest BCUT2D eigenvalue weighted by Crippen LogP contribution is 2.34. The molecule has 6 heteroatoms. The summed E-state index contributed by atoms with van der Waals surface area (Å²) in [6, 6.07) is 6.37. The first-order valence-electron chi connectivity index (χ1n) is 8.04. The van der Waals surface area contributed by atoms with Gasteiger partial charge in [-0.05, 0) is 40.7 Å². The van der Waals surface area contributed by atoms with Crippen LogP contribution in [0.25, 0.3) is 0 Å². The van der Waals surface area contributed by atoms with E-state index < -0.39 is 12.0 Å². The van der Waals surface area contributed by atoms with Crippen LogP contribution in [-0.2, 0) is 9.53 Å². The summed E-state index contributed by atoms with van der Waals surface area (Å²) in [5, 5.41) is 5.42. The van der Waals surface area contributed by atoms with Crippen LogP contribution in [0.5, 0.6) is 5.75 Å². The molecule has 0 spiro atoms. The van der Waals surface area contributed by atoms with Gasteiger partial charge < -0.3 is 20.1 Å². The average Bonchev–Trinajstić information content (AvgIpc) is 2.45. The molecule has 0 saturated carbocycles. The van der Waals surface area contributed by atoms with Crippen LogP contribution in [-0.4, -0.2) is 24.2 Å². The number of carbonyl (C=O) groups is 2. The smallest absolute Gasteiger partial charge is 0.338 e. The zero-order valence-electron chi connectivity index (χ0n) is 14.7. The molecule has 130 valence electrons. The van der Waals surface area contributed by atoms with E-state index in [9.17, 15) is 9.59 Å². The van der Waals surface area contributed by atoms with Crippen LogP contribution >= 0.6 is 0 Å². The molecule has 24 heavy (non-hydrogen) atoms. The van der Waals surface area contributed by atoms with Crippen molar-refractivity contribution in [1.82, 2.24) is 10.6 Å². The highest BCUT2D eigenvalue weighted by molar-refractivity contribution is 5.95. The number of para-hydroxylation sites is 1. The third-order valence-electron chi connectivity index (χ3n) is 3.42. The van der Waals surface area contributed by atoms with Crippen molar-refractivity contribution < 1.29 is 19.1 Å². The Kier molecular flexibility index (Phi) is 5.49. The second-order valence-electron chi connectivity index (χ2n) is 6.23. The molecule has 1 heterocycles. The summed E-state index contributed by atoms with van der Waals surface area (Å²) in [4.78, 5) is 24.5. The molecule has 6 nitrogen and oxygen atoms in total. The Balaban J connectivity index is 2.48. The molecule has 0 aromatic heterocycles.